The van der Waals surface area contributed by atoms with Crippen molar-refractivity contribution >= 4 is 5.91 Å². The van der Waals surface area contributed by atoms with Crippen LogP contribution in [0.1, 0.15) is 46.1 Å². The van der Waals surface area contributed by atoms with E-state index < -0.39 is 23.6 Å². The summed E-state index contributed by atoms with van der Waals surface area (Å²) in [5.41, 5.74) is 1.39. The molecule has 11 heteroatoms. The fourth-order valence-electron chi connectivity index (χ4n) is 6.32. The molecule has 240 valence electrons. The molecule has 1 aliphatic carbocycles. The standard InChI is InChI=1S/C36H30F4N4O3/c37-30-13-12-28(46-20-24-7-3-1-4-8-24)15-29(30)34(45)43-22-35(23-43)17-27(18-35)44-31(16-32(42-44)36(38,39)40)26-11-14-33(41-19-26)47-21-25-9-5-2-6-10-25/h1-16,19,27H,17-18,20-23H2. The number of pyridine rings is 1. The van der Waals surface area contributed by atoms with Crippen LogP contribution in [-0.4, -0.2) is 38.7 Å². The van der Waals surface area contributed by atoms with Crippen molar-refractivity contribution in [1.29, 1.82) is 0 Å². The predicted molar refractivity (Wildman–Crippen MR) is 165 cm³/mol. The quantitative estimate of drug-likeness (QED) is 0.154. The first-order valence-corrected chi connectivity index (χ1v) is 15.2. The van der Waals surface area contributed by atoms with Gasteiger partial charge in [0.1, 0.15) is 24.8 Å². The van der Waals surface area contributed by atoms with Crippen LogP contribution in [0.15, 0.2) is 103 Å². The molecule has 5 aromatic rings. The zero-order chi connectivity index (χ0) is 32.6. The number of hydrogen-bond donors (Lipinski definition) is 0. The van der Waals surface area contributed by atoms with Crippen LogP contribution in [0.3, 0.4) is 0 Å². The Kier molecular flexibility index (Phi) is 7.91. The number of carbonyl (C=O) groups excluding carboxylic acids is 1. The average molecular weight is 643 g/mol. The number of benzene rings is 3. The number of rotatable bonds is 9. The largest absolute Gasteiger partial charge is 0.489 e. The van der Waals surface area contributed by atoms with Gasteiger partial charge >= 0.3 is 6.18 Å². The maximum absolute atomic E-state index is 14.7. The van der Waals surface area contributed by atoms with Crippen LogP contribution < -0.4 is 9.47 Å². The Bertz CT molecular complexity index is 1860. The van der Waals surface area contributed by atoms with E-state index in [0.29, 0.717) is 55.4 Å². The van der Waals surface area contributed by atoms with Gasteiger partial charge in [-0.1, -0.05) is 60.7 Å². The smallest absolute Gasteiger partial charge is 0.435 e. The molecule has 0 unspecified atom stereocenters. The van der Waals surface area contributed by atoms with E-state index in [1.165, 1.54) is 29.1 Å². The van der Waals surface area contributed by atoms with Gasteiger partial charge in [0.15, 0.2) is 5.69 Å². The second kappa shape index (κ2) is 12.2. The van der Waals surface area contributed by atoms with E-state index in [1.54, 1.807) is 17.0 Å². The van der Waals surface area contributed by atoms with E-state index in [0.717, 1.165) is 17.2 Å². The Morgan fingerprint density at radius 3 is 2.13 bits per heavy atom. The molecule has 3 heterocycles. The second-order valence-corrected chi connectivity index (χ2v) is 12.2. The molecule has 2 aromatic heterocycles. The van der Waals surface area contributed by atoms with Gasteiger partial charge in [-0.05, 0) is 54.3 Å². The lowest BCUT2D eigenvalue weighted by Crippen LogP contribution is -2.64. The van der Waals surface area contributed by atoms with Crippen molar-refractivity contribution in [2.24, 2.45) is 5.41 Å². The molecule has 0 bridgehead atoms. The summed E-state index contributed by atoms with van der Waals surface area (Å²) in [4.78, 5) is 19.1. The summed E-state index contributed by atoms with van der Waals surface area (Å²) in [6, 6.07) is 27.2. The molecule has 0 atom stereocenters. The fraction of sp³-hybridized carbons (Fsp3) is 0.250. The number of aromatic nitrogens is 3. The summed E-state index contributed by atoms with van der Waals surface area (Å²) in [5, 5.41) is 3.95. The highest BCUT2D eigenvalue weighted by molar-refractivity contribution is 5.95. The Balaban J connectivity index is 1.00. The van der Waals surface area contributed by atoms with E-state index in [2.05, 4.69) is 10.1 Å². The lowest BCUT2D eigenvalue weighted by molar-refractivity contribution is -0.142. The molecule has 1 saturated carbocycles. The Hall–Kier alpha value is -5.19. The van der Waals surface area contributed by atoms with E-state index in [9.17, 15) is 22.4 Å². The number of amides is 1. The van der Waals surface area contributed by atoms with Crippen LogP contribution >= 0.6 is 0 Å². The van der Waals surface area contributed by atoms with Gasteiger partial charge in [-0.2, -0.15) is 18.3 Å². The van der Waals surface area contributed by atoms with Crippen LogP contribution in [0.5, 0.6) is 11.6 Å². The normalized spacial score (nSPS) is 15.6. The first-order chi connectivity index (χ1) is 22.7. The molecule has 3 aromatic carbocycles. The minimum atomic E-state index is -4.61. The molecule has 2 fully saturated rings. The van der Waals surface area contributed by atoms with Crippen LogP contribution in [0.25, 0.3) is 11.3 Å². The maximum atomic E-state index is 14.7. The SMILES string of the molecule is O=C(c1cc(OCc2ccccc2)ccc1F)N1CC2(CC(n3nc(C(F)(F)F)cc3-c3ccc(OCc4ccccc4)nc3)C2)C1. The monoisotopic (exact) mass is 642 g/mol. The highest BCUT2D eigenvalue weighted by atomic mass is 19.4. The molecule has 1 aliphatic heterocycles. The van der Waals surface area contributed by atoms with Gasteiger partial charge < -0.3 is 14.4 Å². The fourth-order valence-corrected chi connectivity index (χ4v) is 6.32. The van der Waals surface area contributed by atoms with Gasteiger partial charge in [-0.25, -0.2) is 9.37 Å². The second-order valence-electron chi connectivity index (χ2n) is 12.2. The Morgan fingerprint density at radius 1 is 0.851 bits per heavy atom. The summed E-state index contributed by atoms with van der Waals surface area (Å²) in [5.74, 6) is -0.345. The molecule has 1 saturated heterocycles. The topological polar surface area (TPSA) is 69.5 Å². The number of halogens is 4. The number of carbonyl (C=O) groups is 1. The van der Waals surface area contributed by atoms with E-state index in [-0.39, 0.29) is 23.6 Å². The third-order valence-electron chi connectivity index (χ3n) is 8.73. The molecule has 1 spiro atoms. The van der Waals surface area contributed by atoms with Crippen LogP contribution in [-0.2, 0) is 19.4 Å². The summed E-state index contributed by atoms with van der Waals surface area (Å²) < 4.78 is 68.9. The van der Waals surface area contributed by atoms with E-state index in [4.69, 9.17) is 9.47 Å². The Morgan fingerprint density at radius 2 is 1.51 bits per heavy atom. The summed E-state index contributed by atoms with van der Waals surface area (Å²) in [6.45, 7) is 1.36. The minimum absolute atomic E-state index is 0.0749. The maximum Gasteiger partial charge on any atom is 0.435 e. The first-order valence-electron chi connectivity index (χ1n) is 15.2. The summed E-state index contributed by atoms with van der Waals surface area (Å²) >= 11 is 0. The number of nitrogens with zero attached hydrogens (tertiary/aromatic N) is 4. The molecule has 2 aliphatic rings. The van der Waals surface area contributed by atoms with Crippen molar-refractivity contribution in [3.05, 3.63) is 131 Å². The van der Waals surface area contributed by atoms with Crippen molar-refractivity contribution in [2.45, 2.75) is 38.3 Å². The molecular formula is C36H30F4N4O3. The van der Waals surface area contributed by atoms with E-state index >= 15 is 0 Å². The van der Waals surface area contributed by atoms with Gasteiger partial charge in [0.05, 0.1) is 17.3 Å². The summed E-state index contributed by atoms with van der Waals surface area (Å²) in [7, 11) is 0. The van der Waals surface area contributed by atoms with Crippen molar-refractivity contribution in [1.82, 2.24) is 19.7 Å². The lowest BCUT2D eigenvalue weighted by Gasteiger charge is -2.59. The molecule has 0 radical (unpaired) electrons. The highest BCUT2D eigenvalue weighted by Gasteiger charge is 2.55. The van der Waals surface area contributed by atoms with Gasteiger partial charge in [0.25, 0.3) is 5.91 Å². The molecule has 1 amide bonds. The minimum Gasteiger partial charge on any atom is -0.489 e. The Labute approximate surface area is 268 Å². The molecule has 0 N–H and O–H groups in total. The lowest BCUT2D eigenvalue weighted by atomic mass is 9.60. The van der Waals surface area contributed by atoms with Gasteiger partial charge in [0.2, 0.25) is 5.88 Å². The molecule has 47 heavy (non-hydrogen) atoms. The van der Waals surface area contributed by atoms with Crippen molar-refractivity contribution in [3.63, 3.8) is 0 Å². The number of alkyl halides is 3. The molecular weight excluding hydrogens is 612 g/mol. The van der Waals surface area contributed by atoms with Gasteiger partial charge in [0, 0.05) is 36.3 Å². The predicted octanol–water partition coefficient (Wildman–Crippen LogP) is 7.74. The zero-order valence-electron chi connectivity index (χ0n) is 25.2. The molecule has 7 nitrogen and oxygen atoms in total. The van der Waals surface area contributed by atoms with Crippen molar-refractivity contribution < 1.29 is 31.8 Å². The van der Waals surface area contributed by atoms with Crippen LogP contribution in [0.2, 0.25) is 0 Å². The van der Waals surface area contributed by atoms with Gasteiger partial charge in [-0.15, -0.1) is 0 Å². The van der Waals surface area contributed by atoms with Crippen molar-refractivity contribution in [3.8, 4) is 22.9 Å². The first kappa shape index (κ1) is 30.5. The number of ether oxygens (including phenoxy) is 2. The van der Waals surface area contributed by atoms with Crippen molar-refractivity contribution in [2.75, 3.05) is 13.1 Å². The number of hydrogen-bond acceptors (Lipinski definition) is 5. The van der Waals surface area contributed by atoms with Crippen LogP contribution in [0, 0.1) is 11.2 Å². The van der Waals surface area contributed by atoms with E-state index in [1.807, 2.05) is 60.7 Å². The molecule has 7 rings (SSSR count). The third kappa shape index (κ3) is 6.43. The van der Waals surface area contributed by atoms with Crippen LogP contribution in [0.4, 0.5) is 17.6 Å². The summed E-state index contributed by atoms with van der Waals surface area (Å²) in [6.07, 6.45) is -2.05. The highest BCUT2D eigenvalue weighted by Crippen LogP contribution is 2.55. The zero-order valence-corrected chi connectivity index (χ0v) is 25.2. The third-order valence-corrected chi connectivity index (χ3v) is 8.73. The number of likely N-dealkylation sites (tertiary alicyclic amines) is 1. The average Bonchev–Trinajstić information content (AvgIpc) is 3.49. The van der Waals surface area contributed by atoms with Gasteiger partial charge in [-0.3, -0.25) is 9.48 Å².